The monoisotopic (exact) mass is 302 g/mol. The third-order valence-electron chi connectivity index (χ3n) is 3.65. The van der Waals surface area contributed by atoms with E-state index in [1.165, 1.54) is 0 Å². The lowest BCUT2D eigenvalue weighted by Crippen LogP contribution is -2.36. The molecule has 0 unspecified atom stereocenters. The van der Waals surface area contributed by atoms with E-state index in [1.807, 2.05) is 0 Å². The van der Waals surface area contributed by atoms with Crippen LogP contribution in [0.5, 0.6) is 0 Å². The van der Waals surface area contributed by atoms with Gasteiger partial charge in [0.2, 0.25) is 0 Å². The van der Waals surface area contributed by atoms with Crippen LogP contribution < -0.4 is 0 Å². The molecule has 1 aromatic rings. The minimum absolute atomic E-state index is 0.169. The Morgan fingerprint density at radius 1 is 1.10 bits per heavy atom. The fraction of sp³-hybridized carbons (Fsp3) is 0.533. The zero-order valence-electron chi connectivity index (χ0n) is 11.7. The molecule has 0 bridgehead atoms. The van der Waals surface area contributed by atoms with Crippen molar-refractivity contribution in [2.24, 2.45) is 0 Å². The van der Waals surface area contributed by atoms with Crippen molar-refractivity contribution in [3.8, 4) is 0 Å². The Morgan fingerprint density at radius 3 is 2.38 bits per heavy atom. The van der Waals surface area contributed by atoms with Crippen LogP contribution in [0.25, 0.3) is 0 Å². The van der Waals surface area contributed by atoms with Gasteiger partial charge in [-0.2, -0.15) is 0 Å². The molecule has 116 valence electrons. The third kappa shape index (κ3) is 3.97. The second-order valence-electron chi connectivity index (χ2n) is 5.12. The predicted octanol–water partition coefficient (Wildman–Crippen LogP) is 3.15. The molecular weight excluding hydrogens is 285 g/mol. The summed E-state index contributed by atoms with van der Waals surface area (Å²) in [5.74, 6) is -4.10. The van der Waals surface area contributed by atoms with E-state index in [2.05, 4.69) is 0 Å². The summed E-state index contributed by atoms with van der Waals surface area (Å²) in [6, 6.07) is 1.11. The van der Waals surface area contributed by atoms with Crippen LogP contribution in [0.1, 0.15) is 31.2 Å². The standard InChI is InChI=1S/C15H17F3O3/c1-20-13-4-2-3-5-14(13)21-15(19)7-9-6-11(17)12(18)8-10(9)16/h6,8,13-14H,2-5,7H2,1H3/t13-,14+/m1/s1. The SMILES string of the molecule is CO[C@@H]1CCCC[C@@H]1OC(=O)Cc1cc(F)c(F)cc1F. The first-order valence-corrected chi connectivity index (χ1v) is 6.87. The Balaban J connectivity index is 2.00. The minimum Gasteiger partial charge on any atom is -0.459 e. The number of carbonyl (C=O) groups is 1. The van der Waals surface area contributed by atoms with Crippen molar-refractivity contribution in [1.29, 1.82) is 0 Å². The van der Waals surface area contributed by atoms with E-state index in [0.717, 1.165) is 19.3 Å². The van der Waals surface area contributed by atoms with Gasteiger partial charge >= 0.3 is 5.97 Å². The first-order chi connectivity index (χ1) is 10.0. The van der Waals surface area contributed by atoms with Gasteiger partial charge in [0.05, 0.1) is 12.5 Å². The van der Waals surface area contributed by atoms with Crippen LogP contribution in [0.3, 0.4) is 0 Å². The summed E-state index contributed by atoms with van der Waals surface area (Å²) in [6.45, 7) is 0. The van der Waals surface area contributed by atoms with Crippen molar-refractivity contribution < 1.29 is 27.4 Å². The molecule has 0 amide bonds. The third-order valence-corrected chi connectivity index (χ3v) is 3.65. The largest absolute Gasteiger partial charge is 0.459 e. The molecule has 6 heteroatoms. The molecule has 1 aromatic carbocycles. The molecule has 0 radical (unpaired) electrons. The molecule has 0 aliphatic heterocycles. The lowest BCUT2D eigenvalue weighted by molar-refractivity contribution is -0.158. The van der Waals surface area contributed by atoms with Crippen LogP contribution >= 0.6 is 0 Å². The Hall–Kier alpha value is -1.56. The summed E-state index contributed by atoms with van der Waals surface area (Å²) < 4.78 is 49.9. The summed E-state index contributed by atoms with van der Waals surface area (Å²) in [5, 5.41) is 0. The topological polar surface area (TPSA) is 35.5 Å². The average Bonchev–Trinajstić information content (AvgIpc) is 2.45. The van der Waals surface area contributed by atoms with Gasteiger partial charge < -0.3 is 9.47 Å². The number of halogens is 3. The minimum atomic E-state index is -1.28. The maximum atomic E-state index is 13.5. The van der Waals surface area contributed by atoms with Crippen LogP contribution in [-0.4, -0.2) is 25.3 Å². The fourth-order valence-corrected chi connectivity index (χ4v) is 2.53. The number of hydrogen-bond donors (Lipinski definition) is 0. The lowest BCUT2D eigenvalue weighted by Gasteiger charge is -2.29. The number of carbonyl (C=O) groups excluding carboxylic acids is 1. The van der Waals surface area contributed by atoms with Crippen LogP contribution in [0.15, 0.2) is 12.1 Å². The highest BCUT2D eigenvalue weighted by Crippen LogP contribution is 2.24. The van der Waals surface area contributed by atoms with E-state index in [0.29, 0.717) is 18.6 Å². The van der Waals surface area contributed by atoms with Crippen LogP contribution in [0, 0.1) is 17.5 Å². The maximum Gasteiger partial charge on any atom is 0.310 e. The van der Waals surface area contributed by atoms with Crippen molar-refractivity contribution in [1.82, 2.24) is 0 Å². The second-order valence-corrected chi connectivity index (χ2v) is 5.12. The number of ether oxygens (including phenoxy) is 2. The van der Waals surface area contributed by atoms with Crippen molar-refractivity contribution in [3.05, 3.63) is 35.1 Å². The summed E-state index contributed by atoms with van der Waals surface area (Å²) in [7, 11) is 1.55. The molecule has 2 rings (SSSR count). The molecule has 3 nitrogen and oxygen atoms in total. The van der Waals surface area contributed by atoms with Crippen LogP contribution in [0.4, 0.5) is 13.2 Å². The first-order valence-electron chi connectivity index (χ1n) is 6.87. The van der Waals surface area contributed by atoms with Crippen LogP contribution in [0.2, 0.25) is 0 Å². The van der Waals surface area contributed by atoms with Gasteiger partial charge in [-0.05, 0) is 25.3 Å². The van der Waals surface area contributed by atoms with E-state index < -0.39 is 29.8 Å². The normalized spacial score (nSPS) is 22.1. The Kier molecular flexibility index (Phi) is 5.22. The number of rotatable bonds is 4. The zero-order chi connectivity index (χ0) is 15.4. The van der Waals surface area contributed by atoms with Crippen LogP contribution in [-0.2, 0) is 20.7 Å². The average molecular weight is 302 g/mol. The molecule has 1 aliphatic carbocycles. The van der Waals surface area contributed by atoms with Gasteiger partial charge in [-0.25, -0.2) is 13.2 Å². The Labute approximate surface area is 121 Å². The smallest absolute Gasteiger partial charge is 0.310 e. The first kappa shape index (κ1) is 15.8. The highest BCUT2D eigenvalue weighted by Gasteiger charge is 2.28. The lowest BCUT2D eigenvalue weighted by atomic mass is 9.94. The van der Waals surface area contributed by atoms with Gasteiger partial charge in [0, 0.05) is 18.7 Å². The zero-order valence-corrected chi connectivity index (χ0v) is 11.7. The molecule has 1 saturated carbocycles. The second kappa shape index (κ2) is 6.93. The van der Waals surface area contributed by atoms with Gasteiger partial charge in [-0.1, -0.05) is 6.42 Å². The van der Waals surface area contributed by atoms with Crippen molar-refractivity contribution >= 4 is 5.97 Å². The van der Waals surface area contributed by atoms with Gasteiger partial charge in [-0.3, -0.25) is 4.79 Å². The number of benzene rings is 1. The molecule has 0 saturated heterocycles. The summed E-state index contributed by atoms with van der Waals surface area (Å²) in [4.78, 5) is 11.8. The van der Waals surface area contributed by atoms with Crippen molar-refractivity contribution in [3.63, 3.8) is 0 Å². The number of methoxy groups -OCH3 is 1. The van der Waals surface area contributed by atoms with Gasteiger partial charge in [-0.15, -0.1) is 0 Å². The van der Waals surface area contributed by atoms with Gasteiger partial charge in [0.1, 0.15) is 11.9 Å². The molecule has 1 aliphatic rings. The van der Waals surface area contributed by atoms with E-state index in [-0.39, 0.29) is 17.8 Å². The van der Waals surface area contributed by atoms with Crippen molar-refractivity contribution in [2.45, 2.75) is 44.3 Å². The molecule has 0 aromatic heterocycles. The summed E-state index contributed by atoms with van der Waals surface area (Å²) in [5.41, 5.74) is -0.219. The van der Waals surface area contributed by atoms with Crippen molar-refractivity contribution in [2.75, 3.05) is 7.11 Å². The Bertz CT molecular complexity index is 519. The van der Waals surface area contributed by atoms with E-state index >= 15 is 0 Å². The Morgan fingerprint density at radius 2 is 1.71 bits per heavy atom. The summed E-state index contributed by atoms with van der Waals surface area (Å²) in [6.07, 6.45) is 2.44. The van der Waals surface area contributed by atoms with Gasteiger partial charge in [0.25, 0.3) is 0 Å². The number of esters is 1. The van der Waals surface area contributed by atoms with E-state index in [1.54, 1.807) is 7.11 Å². The molecule has 1 fully saturated rings. The fourth-order valence-electron chi connectivity index (χ4n) is 2.53. The molecule has 0 spiro atoms. The number of hydrogen-bond acceptors (Lipinski definition) is 3. The quantitative estimate of drug-likeness (QED) is 0.633. The molecule has 0 heterocycles. The molecule has 2 atom stereocenters. The van der Waals surface area contributed by atoms with E-state index in [4.69, 9.17) is 9.47 Å². The highest BCUT2D eigenvalue weighted by molar-refractivity contribution is 5.72. The van der Waals surface area contributed by atoms with E-state index in [9.17, 15) is 18.0 Å². The predicted molar refractivity (Wildman–Crippen MR) is 69.2 cm³/mol. The van der Waals surface area contributed by atoms with Gasteiger partial charge in [0.15, 0.2) is 11.6 Å². The molecule has 0 N–H and O–H groups in total. The molecule has 21 heavy (non-hydrogen) atoms. The molecular formula is C15H17F3O3. The highest BCUT2D eigenvalue weighted by atomic mass is 19.2. The summed E-state index contributed by atoms with van der Waals surface area (Å²) >= 11 is 0. The maximum absolute atomic E-state index is 13.5.